The van der Waals surface area contributed by atoms with Crippen molar-refractivity contribution in [2.75, 3.05) is 6.61 Å². The monoisotopic (exact) mass is 240 g/mol. The Morgan fingerprint density at radius 3 is 2.29 bits per heavy atom. The number of hydrogen-bond donors (Lipinski definition) is 0. The van der Waals surface area contributed by atoms with E-state index in [1.165, 1.54) is 0 Å². The van der Waals surface area contributed by atoms with Gasteiger partial charge in [-0.3, -0.25) is 0 Å². The van der Waals surface area contributed by atoms with Crippen LogP contribution in [0.2, 0.25) is 0 Å². The van der Waals surface area contributed by atoms with E-state index in [2.05, 4.69) is 6.92 Å². The first-order valence-electron chi connectivity index (χ1n) is 6.46. The standard InChI is InChI=1S/C13H25BO3/c1-8(2)15-7-13(6)11(16-9(3)4)10(5)12(14)17-13/h8-12H,7H2,1-6H3/t10-,11?,12+,13+/m0/s1. The summed E-state index contributed by atoms with van der Waals surface area (Å²) in [5, 5.41) is 0. The van der Waals surface area contributed by atoms with Crippen molar-refractivity contribution in [2.24, 2.45) is 5.92 Å². The molecule has 17 heavy (non-hydrogen) atoms. The van der Waals surface area contributed by atoms with Crippen LogP contribution in [0.1, 0.15) is 41.5 Å². The molecule has 98 valence electrons. The van der Waals surface area contributed by atoms with E-state index >= 15 is 0 Å². The molecule has 1 fully saturated rings. The van der Waals surface area contributed by atoms with Gasteiger partial charge in [0.25, 0.3) is 0 Å². The van der Waals surface area contributed by atoms with Crippen molar-refractivity contribution < 1.29 is 14.2 Å². The van der Waals surface area contributed by atoms with Crippen molar-refractivity contribution in [3.63, 3.8) is 0 Å². The third-order valence-corrected chi connectivity index (χ3v) is 3.12. The van der Waals surface area contributed by atoms with Gasteiger partial charge in [0.05, 0.1) is 24.9 Å². The molecular weight excluding hydrogens is 215 g/mol. The lowest BCUT2D eigenvalue weighted by Gasteiger charge is -2.33. The van der Waals surface area contributed by atoms with Crippen LogP contribution in [0.15, 0.2) is 0 Å². The summed E-state index contributed by atoms with van der Waals surface area (Å²) in [6, 6.07) is -0.278. The highest BCUT2D eigenvalue weighted by molar-refractivity contribution is 6.11. The van der Waals surface area contributed by atoms with Gasteiger partial charge in [0.1, 0.15) is 13.4 Å². The topological polar surface area (TPSA) is 27.7 Å². The predicted octanol–water partition coefficient (Wildman–Crippen LogP) is 2.12. The Morgan fingerprint density at radius 1 is 1.24 bits per heavy atom. The summed E-state index contributed by atoms with van der Waals surface area (Å²) >= 11 is 0. The lowest BCUT2D eigenvalue weighted by Crippen LogP contribution is -2.45. The second-order valence-electron chi connectivity index (χ2n) is 5.72. The minimum Gasteiger partial charge on any atom is -0.376 e. The molecule has 1 rings (SSSR count). The average molecular weight is 240 g/mol. The molecule has 0 N–H and O–H groups in total. The molecule has 0 aromatic heterocycles. The van der Waals surface area contributed by atoms with Crippen LogP contribution in [0, 0.1) is 5.92 Å². The third kappa shape index (κ3) is 3.70. The van der Waals surface area contributed by atoms with Gasteiger partial charge in [-0.15, -0.1) is 0 Å². The van der Waals surface area contributed by atoms with Crippen LogP contribution in [-0.2, 0) is 14.2 Å². The van der Waals surface area contributed by atoms with E-state index < -0.39 is 5.60 Å². The van der Waals surface area contributed by atoms with Crippen LogP contribution in [0.3, 0.4) is 0 Å². The van der Waals surface area contributed by atoms with Gasteiger partial charge in [-0.2, -0.15) is 0 Å². The Hall–Kier alpha value is -0.0551. The maximum absolute atomic E-state index is 5.97. The normalized spacial score (nSPS) is 38.2. The Morgan fingerprint density at radius 2 is 1.82 bits per heavy atom. The zero-order chi connectivity index (χ0) is 13.2. The van der Waals surface area contributed by atoms with Crippen molar-refractivity contribution in [3.05, 3.63) is 0 Å². The molecule has 0 aliphatic carbocycles. The molecule has 4 heteroatoms. The quantitative estimate of drug-likeness (QED) is 0.689. The van der Waals surface area contributed by atoms with Gasteiger partial charge in [-0.05, 0) is 34.6 Å². The lowest BCUT2D eigenvalue weighted by molar-refractivity contribution is -0.141. The third-order valence-electron chi connectivity index (χ3n) is 3.12. The van der Waals surface area contributed by atoms with Crippen LogP contribution < -0.4 is 0 Å². The molecule has 1 heterocycles. The first kappa shape index (κ1) is 15.0. The molecule has 2 radical (unpaired) electrons. The van der Waals surface area contributed by atoms with E-state index in [9.17, 15) is 0 Å². The smallest absolute Gasteiger partial charge is 0.114 e. The molecule has 0 spiro atoms. The van der Waals surface area contributed by atoms with Crippen molar-refractivity contribution in [2.45, 2.75) is 71.5 Å². The summed E-state index contributed by atoms with van der Waals surface area (Å²) in [7, 11) is 5.97. The average Bonchev–Trinajstić information content (AvgIpc) is 2.40. The highest BCUT2D eigenvalue weighted by atomic mass is 16.6. The van der Waals surface area contributed by atoms with Crippen molar-refractivity contribution in [3.8, 4) is 0 Å². The molecule has 0 bridgehead atoms. The molecule has 1 aliphatic heterocycles. The molecule has 1 unspecified atom stereocenters. The first-order chi connectivity index (χ1) is 7.76. The first-order valence-corrected chi connectivity index (χ1v) is 6.46. The fraction of sp³-hybridized carbons (Fsp3) is 1.00. The van der Waals surface area contributed by atoms with E-state index in [0.717, 1.165) is 0 Å². The van der Waals surface area contributed by atoms with E-state index in [0.29, 0.717) is 6.61 Å². The van der Waals surface area contributed by atoms with Crippen LogP contribution in [0.25, 0.3) is 0 Å². The SMILES string of the molecule is [B][C@@H]1O[C@](C)(COC(C)C)C(OC(C)C)[C@@H]1C. The molecule has 1 aliphatic rings. The van der Waals surface area contributed by atoms with Gasteiger partial charge in [0.2, 0.25) is 0 Å². The van der Waals surface area contributed by atoms with Crippen molar-refractivity contribution in [1.29, 1.82) is 0 Å². The zero-order valence-corrected chi connectivity index (χ0v) is 11.9. The Bertz CT molecular complexity index is 245. The molecule has 1 saturated heterocycles. The van der Waals surface area contributed by atoms with Crippen LogP contribution in [-0.4, -0.2) is 44.4 Å². The van der Waals surface area contributed by atoms with Crippen LogP contribution >= 0.6 is 0 Å². The fourth-order valence-corrected chi connectivity index (χ4v) is 2.22. The number of rotatable bonds is 5. The lowest BCUT2D eigenvalue weighted by atomic mass is 9.83. The van der Waals surface area contributed by atoms with E-state index in [1.807, 2.05) is 34.6 Å². The summed E-state index contributed by atoms with van der Waals surface area (Å²) in [5.41, 5.74) is -0.451. The largest absolute Gasteiger partial charge is 0.376 e. The maximum atomic E-state index is 5.97. The van der Waals surface area contributed by atoms with Crippen molar-refractivity contribution >= 4 is 7.85 Å². The Balaban J connectivity index is 2.72. The minimum absolute atomic E-state index is 0.0174. The summed E-state index contributed by atoms with van der Waals surface area (Å²) in [6.07, 6.45) is 0.327. The predicted molar refractivity (Wildman–Crippen MR) is 69.3 cm³/mol. The van der Waals surface area contributed by atoms with Gasteiger partial charge in [0.15, 0.2) is 0 Å². The zero-order valence-electron chi connectivity index (χ0n) is 11.9. The molecule has 3 nitrogen and oxygen atoms in total. The molecule has 0 saturated carbocycles. The van der Waals surface area contributed by atoms with Gasteiger partial charge in [0, 0.05) is 11.9 Å². The summed E-state index contributed by atoms with van der Waals surface area (Å²) < 4.78 is 17.5. The molecular formula is C13H25BO3. The number of hydrogen-bond acceptors (Lipinski definition) is 3. The minimum atomic E-state index is -0.451. The van der Waals surface area contributed by atoms with Gasteiger partial charge >= 0.3 is 0 Å². The Kier molecular flexibility index (Phi) is 5.05. The molecule has 4 atom stereocenters. The highest BCUT2D eigenvalue weighted by Gasteiger charge is 2.49. The second kappa shape index (κ2) is 5.72. The fourth-order valence-electron chi connectivity index (χ4n) is 2.22. The van der Waals surface area contributed by atoms with Gasteiger partial charge in [-0.1, -0.05) is 6.92 Å². The molecule has 0 aromatic rings. The maximum Gasteiger partial charge on any atom is 0.114 e. The second-order valence-corrected chi connectivity index (χ2v) is 5.72. The highest BCUT2D eigenvalue weighted by Crippen LogP contribution is 2.37. The molecule has 0 aromatic carbocycles. The van der Waals surface area contributed by atoms with Crippen LogP contribution in [0.5, 0.6) is 0 Å². The van der Waals surface area contributed by atoms with Gasteiger partial charge < -0.3 is 14.2 Å². The van der Waals surface area contributed by atoms with Crippen LogP contribution in [0.4, 0.5) is 0 Å². The molecule has 0 amide bonds. The van der Waals surface area contributed by atoms with E-state index in [1.54, 1.807) is 0 Å². The van der Waals surface area contributed by atoms with E-state index in [-0.39, 0.29) is 30.2 Å². The Labute approximate surface area is 107 Å². The van der Waals surface area contributed by atoms with Gasteiger partial charge in [-0.25, -0.2) is 0 Å². The number of ether oxygens (including phenoxy) is 3. The van der Waals surface area contributed by atoms with Crippen molar-refractivity contribution in [1.82, 2.24) is 0 Å². The summed E-state index contributed by atoms with van der Waals surface area (Å²) in [6.45, 7) is 12.7. The summed E-state index contributed by atoms with van der Waals surface area (Å²) in [4.78, 5) is 0. The van der Waals surface area contributed by atoms with E-state index in [4.69, 9.17) is 22.1 Å². The summed E-state index contributed by atoms with van der Waals surface area (Å²) in [5.74, 6) is 0.179.